The summed E-state index contributed by atoms with van der Waals surface area (Å²) in [5.74, 6) is 5.61. The lowest BCUT2D eigenvalue weighted by Gasteiger charge is -2.18. The maximum Gasteiger partial charge on any atom is 0.0740 e. The van der Waals surface area contributed by atoms with Gasteiger partial charge in [0.2, 0.25) is 0 Å². The zero-order valence-electron chi connectivity index (χ0n) is 9.20. The Bertz CT molecular complexity index is 563. The highest BCUT2D eigenvalue weighted by Crippen LogP contribution is 2.30. The fraction of sp³-hybridized carbons (Fsp3) is 0.0833. The third-order valence-corrected chi connectivity index (χ3v) is 3.51. The van der Waals surface area contributed by atoms with E-state index in [4.69, 9.17) is 29.0 Å². The smallest absolute Gasteiger partial charge is 0.0740 e. The number of halogens is 3. The fourth-order valence-electron chi connectivity index (χ4n) is 1.69. The van der Waals surface area contributed by atoms with Gasteiger partial charge in [-0.2, -0.15) is 0 Å². The molecule has 1 atom stereocenters. The minimum absolute atomic E-state index is 0.263. The summed E-state index contributed by atoms with van der Waals surface area (Å²) in [4.78, 5) is 4.11. The monoisotopic (exact) mass is 345 g/mol. The van der Waals surface area contributed by atoms with E-state index in [9.17, 15) is 0 Å². The fourth-order valence-corrected chi connectivity index (χ4v) is 2.48. The highest BCUT2D eigenvalue weighted by molar-refractivity contribution is 9.10. The molecule has 1 aromatic heterocycles. The number of hydrogen-bond donors (Lipinski definition) is 2. The minimum atomic E-state index is -0.263. The van der Waals surface area contributed by atoms with Crippen molar-refractivity contribution in [2.45, 2.75) is 6.04 Å². The maximum absolute atomic E-state index is 6.17. The Morgan fingerprint density at radius 1 is 1.22 bits per heavy atom. The summed E-state index contributed by atoms with van der Waals surface area (Å²) in [7, 11) is 0. The molecule has 3 N–H and O–H groups in total. The second-order valence-corrected chi connectivity index (χ2v) is 5.46. The lowest BCUT2D eigenvalue weighted by atomic mass is 10.0. The van der Waals surface area contributed by atoms with E-state index in [1.54, 1.807) is 30.6 Å². The van der Waals surface area contributed by atoms with Gasteiger partial charge in [-0.15, -0.1) is 0 Å². The van der Waals surface area contributed by atoms with Gasteiger partial charge in [0.25, 0.3) is 0 Å². The molecule has 0 fully saturated rings. The van der Waals surface area contributed by atoms with E-state index in [2.05, 4.69) is 26.3 Å². The molecule has 0 aliphatic rings. The molecule has 0 saturated carbocycles. The number of rotatable bonds is 3. The average molecular weight is 347 g/mol. The lowest BCUT2D eigenvalue weighted by molar-refractivity contribution is 0.634. The predicted octanol–water partition coefficient (Wildman–Crippen LogP) is 3.70. The first-order chi connectivity index (χ1) is 8.61. The number of hydrazine groups is 1. The first kappa shape index (κ1) is 13.8. The third kappa shape index (κ3) is 3.02. The number of nitrogens with one attached hydrogen (secondary N) is 1. The van der Waals surface area contributed by atoms with E-state index in [0.29, 0.717) is 10.0 Å². The van der Waals surface area contributed by atoms with Crippen molar-refractivity contribution in [1.29, 1.82) is 0 Å². The van der Waals surface area contributed by atoms with Gasteiger partial charge < -0.3 is 0 Å². The number of aromatic nitrogens is 1. The standard InChI is InChI=1S/C12H10BrCl2N3/c13-8-3-7(5-17-6-8)12(18-16)10-4-9(14)1-2-11(10)15/h1-6,12,18H,16H2. The highest BCUT2D eigenvalue weighted by Gasteiger charge is 2.16. The first-order valence-corrected chi connectivity index (χ1v) is 6.68. The maximum atomic E-state index is 6.17. The Morgan fingerprint density at radius 3 is 2.67 bits per heavy atom. The van der Waals surface area contributed by atoms with Crippen molar-refractivity contribution in [2.75, 3.05) is 0 Å². The largest absolute Gasteiger partial charge is 0.271 e. The summed E-state index contributed by atoms with van der Waals surface area (Å²) in [5, 5.41) is 1.21. The van der Waals surface area contributed by atoms with Crippen LogP contribution in [0.5, 0.6) is 0 Å². The van der Waals surface area contributed by atoms with Crippen molar-refractivity contribution in [1.82, 2.24) is 10.4 Å². The molecular formula is C12H10BrCl2N3. The van der Waals surface area contributed by atoms with Crippen LogP contribution < -0.4 is 11.3 Å². The summed E-state index contributed by atoms with van der Waals surface area (Å²) < 4.78 is 0.874. The molecule has 0 aliphatic heterocycles. The van der Waals surface area contributed by atoms with Gasteiger partial charge in [0, 0.05) is 26.9 Å². The van der Waals surface area contributed by atoms with Gasteiger partial charge >= 0.3 is 0 Å². The van der Waals surface area contributed by atoms with Gasteiger partial charge in [-0.3, -0.25) is 10.8 Å². The van der Waals surface area contributed by atoms with Crippen LogP contribution in [0.25, 0.3) is 0 Å². The van der Waals surface area contributed by atoms with E-state index in [1.165, 1.54) is 0 Å². The number of nitrogens with zero attached hydrogens (tertiary/aromatic N) is 1. The van der Waals surface area contributed by atoms with Crippen LogP contribution in [-0.4, -0.2) is 4.98 Å². The predicted molar refractivity (Wildman–Crippen MR) is 77.6 cm³/mol. The van der Waals surface area contributed by atoms with Crippen LogP contribution in [0.3, 0.4) is 0 Å². The molecule has 2 aromatic rings. The Hall–Kier alpha value is -0.650. The summed E-state index contributed by atoms with van der Waals surface area (Å²) >= 11 is 15.5. The zero-order valence-corrected chi connectivity index (χ0v) is 12.3. The molecule has 0 bridgehead atoms. The van der Waals surface area contributed by atoms with Gasteiger partial charge in [-0.05, 0) is 51.3 Å². The third-order valence-electron chi connectivity index (χ3n) is 2.50. The Kier molecular flexibility index (Phi) is 4.59. The van der Waals surface area contributed by atoms with Crippen LogP contribution >= 0.6 is 39.1 Å². The summed E-state index contributed by atoms with van der Waals surface area (Å²) in [6, 6.07) is 6.93. The molecule has 6 heteroatoms. The molecule has 0 radical (unpaired) electrons. The van der Waals surface area contributed by atoms with E-state index < -0.39 is 0 Å². The van der Waals surface area contributed by atoms with Gasteiger partial charge in [-0.1, -0.05) is 23.2 Å². The van der Waals surface area contributed by atoms with Crippen LogP contribution in [0, 0.1) is 0 Å². The van der Waals surface area contributed by atoms with E-state index in [-0.39, 0.29) is 6.04 Å². The number of pyridine rings is 1. The Balaban J connectivity index is 2.48. The van der Waals surface area contributed by atoms with Gasteiger partial charge in [0.15, 0.2) is 0 Å². The summed E-state index contributed by atoms with van der Waals surface area (Å²) in [6.07, 6.45) is 3.43. The topological polar surface area (TPSA) is 50.9 Å². The molecule has 94 valence electrons. The van der Waals surface area contributed by atoms with E-state index >= 15 is 0 Å². The van der Waals surface area contributed by atoms with E-state index in [1.807, 2.05) is 6.07 Å². The molecule has 0 aliphatic carbocycles. The van der Waals surface area contributed by atoms with Crippen LogP contribution in [0.15, 0.2) is 41.1 Å². The van der Waals surface area contributed by atoms with Crippen LogP contribution in [0.1, 0.15) is 17.2 Å². The normalized spacial score (nSPS) is 12.4. The first-order valence-electron chi connectivity index (χ1n) is 5.13. The van der Waals surface area contributed by atoms with Crippen molar-refractivity contribution in [3.63, 3.8) is 0 Å². The Labute approximate surface area is 123 Å². The summed E-state index contributed by atoms with van der Waals surface area (Å²) in [6.45, 7) is 0. The molecule has 0 amide bonds. The zero-order chi connectivity index (χ0) is 13.1. The molecule has 1 heterocycles. The van der Waals surface area contributed by atoms with Crippen molar-refractivity contribution >= 4 is 39.1 Å². The molecule has 3 nitrogen and oxygen atoms in total. The highest BCUT2D eigenvalue weighted by atomic mass is 79.9. The molecule has 0 spiro atoms. The van der Waals surface area contributed by atoms with Crippen molar-refractivity contribution in [3.8, 4) is 0 Å². The second kappa shape index (κ2) is 5.99. The molecular weight excluding hydrogens is 337 g/mol. The quantitative estimate of drug-likeness (QED) is 0.658. The van der Waals surface area contributed by atoms with Gasteiger partial charge in [-0.25, -0.2) is 5.43 Å². The molecule has 1 unspecified atom stereocenters. The van der Waals surface area contributed by atoms with Crippen LogP contribution in [0.2, 0.25) is 10.0 Å². The second-order valence-electron chi connectivity index (χ2n) is 3.70. The lowest BCUT2D eigenvalue weighted by Crippen LogP contribution is -2.29. The minimum Gasteiger partial charge on any atom is -0.271 e. The van der Waals surface area contributed by atoms with Crippen LogP contribution in [0.4, 0.5) is 0 Å². The van der Waals surface area contributed by atoms with Crippen LogP contribution in [-0.2, 0) is 0 Å². The van der Waals surface area contributed by atoms with Crippen molar-refractivity contribution in [3.05, 3.63) is 62.3 Å². The average Bonchev–Trinajstić information content (AvgIpc) is 2.35. The number of benzene rings is 1. The SMILES string of the molecule is NNC(c1cncc(Br)c1)c1cc(Cl)ccc1Cl. The van der Waals surface area contributed by atoms with Gasteiger partial charge in [0.05, 0.1) is 6.04 Å². The summed E-state index contributed by atoms with van der Waals surface area (Å²) in [5.41, 5.74) is 4.44. The van der Waals surface area contributed by atoms with Gasteiger partial charge in [0.1, 0.15) is 0 Å². The Morgan fingerprint density at radius 2 is 2.00 bits per heavy atom. The molecule has 18 heavy (non-hydrogen) atoms. The molecule has 1 aromatic carbocycles. The molecule has 0 saturated heterocycles. The molecule has 2 rings (SSSR count). The van der Waals surface area contributed by atoms with Crippen molar-refractivity contribution in [2.24, 2.45) is 5.84 Å². The number of nitrogens with two attached hydrogens (primary N) is 1. The van der Waals surface area contributed by atoms with Crippen molar-refractivity contribution < 1.29 is 0 Å². The number of hydrogen-bond acceptors (Lipinski definition) is 3. The van der Waals surface area contributed by atoms with E-state index in [0.717, 1.165) is 15.6 Å².